The lowest BCUT2D eigenvalue weighted by Crippen LogP contribution is -2.67. The van der Waals surface area contributed by atoms with E-state index in [0.29, 0.717) is 13.2 Å². The summed E-state index contributed by atoms with van der Waals surface area (Å²) >= 11 is 0. The predicted octanol–water partition coefficient (Wildman–Crippen LogP) is 7.62. The minimum Gasteiger partial charge on any atom is -0.465 e. The van der Waals surface area contributed by atoms with Crippen LogP contribution < -0.4 is 10.4 Å². The zero-order valence-corrected chi connectivity index (χ0v) is 32.2. The van der Waals surface area contributed by atoms with Gasteiger partial charge in [-0.3, -0.25) is 4.79 Å². The van der Waals surface area contributed by atoms with Gasteiger partial charge in [0, 0.05) is 25.2 Å². The standard InChI is InChI=1S/C42H58O7Si/c1-31-28-36-37(29-33(46-36)30-45-50(40(5,6)7,34-20-12-8-13-21-34)35-22-14-9-15-23-35)48-42(31)26-25-41(49-42)24-17-19-32(47-41)18-11-10-16-27-44-38(43)39(2,3)4/h8-9,11-15,17-18,20-24,31-33,36-37H,10,16,19,25-30H2,1-7H3/b18-11+/t31-,32-,33+,36-,37-,41+,42-/m1/s1. The zero-order chi connectivity index (χ0) is 35.6. The van der Waals surface area contributed by atoms with Crippen LogP contribution in [0.4, 0.5) is 0 Å². The van der Waals surface area contributed by atoms with Gasteiger partial charge in [-0.05, 0) is 67.9 Å². The van der Waals surface area contributed by atoms with Crippen molar-refractivity contribution in [3.63, 3.8) is 0 Å². The lowest BCUT2D eigenvalue weighted by Gasteiger charge is -2.45. The van der Waals surface area contributed by atoms with Crippen LogP contribution in [0.1, 0.15) is 93.4 Å². The Kier molecular flexibility index (Phi) is 11.0. The highest BCUT2D eigenvalue weighted by Crippen LogP contribution is 2.52. The van der Waals surface area contributed by atoms with E-state index in [4.69, 9.17) is 28.1 Å². The van der Waals surface area contributed by atoms with Crippen LogP contribution in [0, 0.1) is 11.3 Å². The van der Waals surface area contributed by atoms with Gasteiger partial charge in [-0.25, -0.2) is 0 Å². The molecular weight excluding hydrogens is 645 g/mol. The van der Waals surface area contributed by atoms with Gasteiger partial charge in [0.2, 0.25) is 0 Å². The Hall–Kier alpha value is -2.59. The molecule has 0 aliphatic carbocycles. The Bertz CT molecular complexity index is 1460. The Labute approximate surface area is 300 Å². The summed E-state index contributed by atoms with van der Waals surface area (Å²) in [6, 6.07) is 21.6. The zero-order valence-electron chi connectivity index (χ0n) is 31.2. The molecule has 6 rings (SSSR count). The van der Waals surface area contributed by atoms with Crippen LogP contribution in [0.5, 0.6) is 0 Å². The molecule has 4 heterocycles. The fourth-order valence-electron chi connectivity index (χ4n) is 8.17. The molecule has 0 radical (unpaired) electrons. The second-order valence-corrected chi connectivity index (χ2v) is 21.1. The Morgan fingerprint density at radius 2 is 1.60 bits per heavy atom. The van der Waals surface area contributed by atoms with E-state index in [9.17, 15) is 4.79 Å². The monoisotopic (exact) mass is 702 g/mol. The molecule has 0 aromatic heterocycles. The van der Waals surface area contributed by atoms with Gasteiger partial charge in [0.1, 0.15) is 0 Å². The SMILES string of the molecule is C[C@@H]1C[C@H]2O[C@H](CO[Si](c3ccccc3)(c3ccccc3)C(C)(C)C)C[C@H]2O[C@@]12CC[C@]1(C=CC[C@@H](/C=C/CCCOC(=O)C(C)(C)C)O1)O2. The maximum atomic E-state index is 12.0. The van der Waals surface area contributed by atoms with Gasteiger partial charge in [-0.1, -0.05) is 107 Å². The van der Waals surface area contributed by atoms with Gasteiger partial charge in [0.15, 0.2) is 11.6 Å². The fraction of sp³-hybridized carbons (Fsp3) is 0.595. The summed E-state index contributed by atoms with van der Waals surface area (Å²) in [7, 11) is -2.67. The molecule has 0 unspecified atom stereocenters. The summed E-state index contributed by atoms with van der Waals surface area (Å²) in [4.78, 5) is 12.0. The molecule has 7 atom stereocenters. The highest BCUT2D eigenvalue weighted by molar-refractivity contribution is 6.99. The smallest absolute Gasteiger partial charge is 0.311 e. The van der Waals surface area contributed by atoms with Crippen molar-refractivity contribution in [2.45, 2.75) is 134 Å². The highest BCUT2D eigenvalue weighted by atomic mass is 28.4. The molecule has 50 heavy (non-hydrogen) atoms. The summed E-state index contributed by atoms with van der Waals surface area (Å²) in [6.45, 7) is 15.7. The average molecular weight is 703 g/mol. The lowest BCUT2D eigenvalue weighted by molar-refractivity contribution is -0.355. The van der Waals surface area contributed by atoms with Crippen molar-refractivity contribution in [2.75, 3.05) is 13.2 Å². The molecule has 2 aromatic carbocycles. The van der Waals surface area contributed by atoms with E-state index < -0.39 is 25.3 Å². The number of benzene rings is 2. The number of hydrogen-bond donors (Lipinski definition) is 0. The maximum Gasteiger partial charge on any atom is 0.311 e. The van der Waals surface area contributed by atoms with Crippen LogP contribution in [0.2, 0.25) is 5.04 Å². The number of carbonyl (C=O) groups excluding carboxylic acids is 1. The van der Waals surface area contributed by atoms with Crippen molar-refractivity contribution < 1.29 is 32.9 Å². The molecule has 8 heteroatoms. The molecule has 0 N–H and O–H groups in total. The number of hydrogen-bond acceptors (Lipinski definition) is 7. The van der Waals surface area contributed by atoms with Gasteiger partial charge in [-0.15, -0.1) is 0 Å². The molecular formula is C42H58O7Si. The summed E-state index contributed by atoms with van der Waals surface area (Å²) in [5, 5.41) is 2.46. The van der Waals surface area contributed by atoms with Crippen LogP contribution in [0.15, 0.2) is 85.0 Å². The molecule has 7 nitrogen and oxygen atoms in total. The number of ether oxygens (including phenoxy) is 5. The van der Waals surface area contributed by atoms with Gasteiger partial charge >= 0.3 is 5.97 Å². The number of fused-ring (bicyclic) bond motifs is 1. The predicted molar refractivity (Wildman–Crippen MR) is 199 cm³/mol. The molecule has 0 saturated carbocycles. The molecule has 0 bridgehead atoms. The third-order valence-corrected chi connectivity index (χ3v) is 15.8. The molecule has 2 spiro atoms. The van der Waals surface area contributed by atoms with Crippen molar-refractivity contribution in [2.24, 2.45) is 11.3 Å². The third kappa shape index (κ3) is 7.76. The third-order valence-electron chi connectivity index (χ3n) is 10.8. The Balaban J connectivity index is 1.07. The first-order valence-electron chi connectivity index (χ1n) is 18.7. The van der Waals surface area contributed by atoms with Crippen LogP contribution >= 0.6 is 0 Å². The molecule has 4 aliphatic rings. The largest absolute Gasteiger partial charge is 0.465 e. The van der Waals surface area contributed by atoms with Gasteiger partial charge in [0.05, 0.1) is 43.0 Å². The second-order valence-electron chi connectivity index (χ2n) is 16.8. The quantitative estimate of drug-likeness (QED) is 0.109. The number of esters is 1. The van der Waals surface area contributed by atoms with Crippen molar-refractivity contribution in [1.29, 1.82) is 0 Å². The molecule has 2 aromatic rings. The Morgan fingerprint density at radius 1 is 0.920 bits per heavy atom. The van der Waals surface area contributed by atoms with Crippen molar-refractivity contribution in [1.82, 2.24) is 0 Å². The van der Waals surface area contributed by atoms with Gasteiger partial charge in [0.25, 0.3) is 8.32 Å². The van der Waals surface area contributed by atoms with Crippen LogP contribution in [-0.2, 0) is 32.9 Å². The maximum absolute atomic E-state index is 12.0. The van der Waals surface area contributed by atoms with E-state index in [1.165, 1.54) is 10.4 Å². The molecule has 272 valence electrons. The average Bonchev–Trinajstić information content (AvgIpc) is 3.63. The number of carbonyl (C=O) groups is 1. The number of unbranched alkanes of at least 4 members (excludes halogenated alkanes) is 1. The summed E-state index contributed by atoms with van der Waals surface area (Å²) < 4.78 is 39.8. The van der Waals surface area contributed by atoms with Crippen LogP contribution in [-0.4, -0.2) is 63.5 Å². The van der Waals surface area contributed by atoms with E-state index in [2.05, 4.69) is 113 Å². The molecule has 3 fully saturated rings. The number of rotatable bonds is 10. The van der Waals surface area contributed by atoms with Gasteiger partial charge in [-0.2, -0.15) is 0 Å². The van der Waals surface area contributed by atoms with Crippen molar-refractivity contribution >= 4 is 24.7 Å². The van der Waals surface area contributed by atoms with Crippen LogP contribution in [0.25, 0.3) is 0 Å². The summed E-state index contributed by atoms with van der Waals surface area (Å²) in [6.07, 6.45) is 13.9. The van der Waals surface area contributed by atoms with E-state index in [1.807, 2.05) is 20.8 Å². The summed E-state index contributed by atoms with van der Waals surface area (Å²) in [5.41, 5.74) is -0.474. The lowest BCUT2D eigenvalue weighted by atomic mass is 9.86. The minimum absolute atomic E-state index is 0.0182. The summed E-state index contributed by atoms with van der Waals surface area (Å²) in [5.74, 6) is -1.50. The van der Waals surface area contributed by atoms with Gasteiger partial charge < -0.3 is 28.1 Å². The van der Waals surface area contributed by atoms with E-state index in [0.717, 1.165) is 44.9 Å². The minimum atomic E-state index is -2.67. The van der Waals surface area contributed by atoms with E-state index >= 15 is 0 Å². The van der Waals surface area contributed by atoms with Crippen molar-refractivity contribution in [3.8, 4) is 0 Å². The molecule has 0 amide bonds. The van der Waals surface area contributed by atoms with Crippen LogP contribution in [0.3, 0.4) is 0 Å². The van der Waals surface area contributed by atoms with E-state index in [1.54, 1.807) is 0 Å². The van der Waals surface area contributed by atoms with Crippen molar-refractivity contribution in [3.05, 3.63) is 85.0 Å². The van der Waals surface area contributed by atoms with E-state index in [-0.39, 0.29) is 41.3 Å². The first kappa shape index (κ1) is 37.2. The highest BCUT2D eigenvalue weighted by Gasteiger charge is 2.60. The first-order chi connectivity index (χ1) is 23.8. The topological polar surface area (TPSA) is 72.5 Å². The normalized spacial score (nSPS) is 31.5. The molecule has 3 saturated heterocycles. The second kappa shape index (κ2) is 14.8. The number of allylic oxidation sites excluding steroid dienone is 1. The fourth-order valence-corrected chi connectivity index (χ4v) is 12.8. The Morgan fingerprint density at radius 3 is 2.24 bits per heavy atom. The molecule has 4 aliphatic heterocycles. The first-order valence-corrected chi connectivity index (χ1v) is 20.6.